The maximum absolute atomic E-state index is 8.78. The molecule has 0 amide bonds. The highest BCUT2D eigenvalue weighted by atomic mass is 32.1. The Morgan fingerprint density at radius 3 is 2.54 bits per heavy atom. The largest absolute Gasteiger partial charge is 0.373 e. The van der Waals surface area contributed by atoms with E-state index in [9.17, 15) is 0 Å². The molecule has 0 aromatic carbocycles. The Kier molecular flexibility index (Phi) is 2.44. The Hall–Kier alpha value is -1.68. The van der Waals surface area contributed by atoms with Crippen LogP contribution in [0.15, 0.2) is 5.57 Å². The second-order valence-electron chi connectivity index (χ2n) is 2.77. The van der Waals surface area contributed by atoms with Gasteiger partial charge in [-0.2, -0.15) is 10.5 Å². The van der Waals surface area contributed by atoms with Gasteiger partial charge < -0.3 is 5.32 Å². The molecule has 0 aromatic rings. The molecule has 0 saturated carbocycles. The Morgan fingerprint density at radius 2 is 2.08 bits per heavy atom. The number of nitriles is 2. The molecule has 1 aliphatic heterocycles. The van der Waals surface area contributed by atoms with Crippen LogP contribution < -0.4 is 5.32 Å². The van der Waals surface area contributed by atoms with Gasteiger partial charge in [-0.15, -0.1) is 0 Å². The van der Waals surface area contributed by atoms with Crippen LogP contribution in [0.5, 0.6) is 0 Å². The van der Waals surface area contributed by atoms with Crippen molar-refractivity contribution >= 4 is 23.1 Å². The average molecular weight is 190 g/mol. The Bertz CT molecular complexity index is 364. The zero-order valence-corrected chi connectivity index (χ0v) is 7.53. The highest BCUT2D eigenvalue weighted by molar-refractivity contribution is 7.80. The molecule has 0 spiro atoms. The molecule has 0 aromatic heterocycles. The van der Waals surface area contributed by atoms with Crippen molar-refractivity contribution in [1.82, 2.24) is 5.32 Å². The normalized spacial score (nSPS) is 19.2. The van der Waals surface area contributed by atoms with Crippen LogP contribution in [0.3, 0.4) is 0 Å². The summed E-state index contributed by atoms with van der Waals surface area (Å²) in [5.74, 6) is 2.14. The smallest absolute Gasteiger partial charge is 0.165 e. The van der Waals surface area contributed by atoms with Gasteiger partial charge in [0, 0.05) is 18.5 Å². The maximum atomic E-state index is 8.78. The number of nitrogens with one attached hydrogen (secondary N) is 2. The highest BCUT2D eigenvalue weighted by Gasteiger charge is 2.36. The Balaban J connectivity index is 3.03. The summed E-state index contributed by atoms with van der Waals surface area (Å²) in [7, 11) is 0. The molecule has 1 aliphatic rings. The lowest BCUT2D eigenvalue weighted by Crippen LogP contribution is -2.42. The van der Waals surface area contributed by atoms with Crippen molar-refractivity contribution in [3.05, 3.63) is 5.57 Å². The van der Waals surface area contributed by atoms with Crippen LogP contribution in [0.1, 0.15) is 6.42 Å². The summed E-state index contributed by atoms with van der Waals surface area (Å²) in [5, 5.41) is 27.2. The van der Waals surface area contributed by atoms with E-state index in [0.29, 0.717) is 10.6 Å². The van der Waals surface area contributed by atoms with Crippen molar-refractivity contribution in [2.24, 2.45) is 5.41 Å². The molecule has 1 fully saturated rings. The second-order valence-corrected chi connectivity index (χ2v) is 3.18. The van der Waals surface area contributed by atoms with Crippen LogP contribution in [0.2, 0.25) is 0 Å². The topological polar surface area (TPSA) is 83.5 Å². The van der Waals surface area contributed by atoms with Crippen molar-refractivity contribution in [2.75, 3.05) is 6.54 Å². The van der Waals surface area contributed by atoms with Crippen molar-refractivity contribution in [1.29, 1.82) is 15.9 Å². The molecule has 1 heterocycles. The lowest BCUT2D eigenvalue weighted by atomic mass is 9.82. The molecule has 0 bridgehead atoms. The summed E-state index contributed by atoms with van der Waals surface area (Å²) in [6, 6.07) is 3.85. The minimum atomic E-state index is -1.09. The number of hydrogen-bond acceptors (Lipinski definition) is 4. The first-order valence-electron chi connectivity index (χ1n) is 3.57. The van der Waals surface area contributed by atoms with Crippen molar-refractivity contribution in [2.45, 2.75) is 6.42 Å². The molecule has 0 atom stereocenters. The fraction of sp³-hybridized carbons (Fsp3) is 0.375. The quantitative estimate of drug-likeness (QED) is 0.331. The first kappa shape index (κ1) is 9.41. The van der Waals surface area contributed by atoms with Crippen molar-refractivity contribution in [3.63, 3.8) is 0 Å². The van der Waals surface area contributed by atoms with E-state index in [4.69, 9.17) is 28.2 Å². The van der Waals surface area contributed by atoms with E-state index in [1.165, 1.54) is 0 Å². The van der Waals surface area contributed by atoms with Crippen LogP contribution in [0.25, 0.3) is 0 Å². The second kappa shape index (κ2) is 3.37. The monoisotopic (exact) mass is 190 g/mol. The zero-order valence-electron chi connectivity index (χ0n) is 6.72. The van der Waals surface area contributed by atoms with E-state index < -0.39 is 5.41 Å². The molecule has 2 N–H and O–H groups in total. The molecule has 64 valence electrons. The lowest BCUT2D eigenvalue weighted by Gasteiger charge is -2.26. The van der Waals surface area contributed by atoms with Crippen molar-refractivity contribution in [3.8, 4) is 12.1 Å². The predicted octanol–water partition coefficient (Wildman–Crippen LogP) is 0.516. The summed E-state index contributed by atoms with van der Waals surface area (Å²) in [5.41, 5.74) is -0.671. The van der Waals surface area contributed by atoms with Crippen LogP contribution in [-0.4, -0.2) is 17.4 Å². The van der Waals surface area contributed by atoms with Gasteiger partial charge in [0.2, 0.25) is 0 Å². The van der Waals surface area contributed by atoms with Gasteiger partial charge in [0.25, 0.3) is 0 Å². The van der Waals surface area contributed by atoms with E-state index in [0.717, 1.165) is 0 Å². The molecule has 5 heteroatoms. The maximum Gasteiger partial charge on any atom is 0.165 e. The number of nitrogens with zero attached hydrogens (tertiary/aromatic N) is 2. The molecule has 4 nitrogen and oxygen atoms in total. The molecular weight excluding hydrogens is 184 g/mol. The van der Waals surface area contributed by atoms with E-state index >= 15 is 0 Å². The molecule has 1 saturated heterocycles. The minimum absolute atomic E-state index is 0.190. The summed E-state index contributed by atoms with van der Waals surface area (Å²) >= 11 is 4.88. The van der Waals surface area contributed by atoms with Crippen LogP contribution in [0.4, 0.5) is 0 Å². The highest BCUT2D eigenvalue weighted by Crippen LogP contribution is 2.27. The Morgan fingerprint density at radius 1 is 1.46 bits per heavy atom. The van der Waals surface area contributed by atoms with E-state index in [-0.39, 0.29) is 13.0 Å². The standard InChI is InChI=1S/C8H6N4S/c9-2-6-1-8(3-10,4-11)5-12-7(6)13/h9H,1,5H2,(H,12,13). The van der Waals surface area contributed by atoms with E-state index in [1.807, 2.05) is 12.1 Å². The van der Waals surface area contributed by atoms with Crippen LogP contribution in [0, 0.1) is 33.5 Å². The van der Waals surface area contributed by atoms with Gasteiger partial charge in [-0.1, -0.05) is 12.2 Å². The van der Waals surface area contributed by atoms with Gasteiger partial charge in [-0.25, -0.2) is 0 Å². The first-order chi connectivity index (χ1) is 6.17. The number of hydrogen-bond donors (Lipinski definition) is 2. The number of thiocarbonyl (C=S) groups is 1. The molecule has 0 aliphatic carbocycles. The Labute approximate surface area is 81.0 Å². The molecule has 0 unspecified atom stereocenters. The minimum Gasteiger partial charge on any atom is -0.373 e. The molecule has 0 radical (unpaired) electrons. The lowest BCUT2D eigenvalue weighted by molar-refractivity contribution is 0.494. The molecular formula is C8H6N4S. The summed E-state index contributed by atoms with van der Waals surface area (Å²) in [6.45, 7) is 0.226. The fourth-order valence-electron chi connectivity index (χ4n) is 1.07. The number of rotatable bonds is 0. The van der Waals surface area contributed by atoms with E-state index in [2.05, 4.69) is 11.2 Å². The van der Waals surface area contributed by atoms with Gasteiger partial charge in [0.05, 0.1) is 12.1 Å². The third kappa shape index (κ3) is 1.57. The van der Waals surface area contributed by atoms with Crippen molar-refractivity contribution < 1.29 is 0 Å². The third-order valence-electron chi connectivity index (χ3n) is 1.88. The van der Waals surface area contributed by atoms with Gasteiger partial charge in [-0.05, 0) is 5.87 Å². The van der Waals surface area contributed by atoms with Crippen LogP contribution in [-0.2, 0) is 0 Å². The summed E-state index contributed by atoms with van der Waals surface area (Å²) < 4.78 is 0. The zero-order chi connectivity index (χ0) is 9.90. The average Bonchev–Trinajstić information content (AvgIpc) is 2.19. The van der Waals surface area contributed by atoms with Gasteiger partial charge in [-0.3, -0.25) is 5.41 Å². The first-order valence-corrected chi connectivity index (χ1v) is 3.97. The van der Waals surface area contributed by atoms with Gasteiger partial charge >= 0.3 is 0 Å². The van der Waals surface area contributed by atoms with Gasteiger partial charge in [0.1, 0.15) is 4.99 Å². The SMILES string of the molecule is N#CC1(C#N)CNC(=S)C(=C=N)C1. The number of piperidine rings is 1. The van der Waals surface area contributed by atoms with Crippen LogP contribution >= 0.6 is 12.2 Å². The molecule has 1 rings (SSSR count). The molecule has 13 heavy (non-hydrogen) atoms. The van der Waals surface area contributed by atoms with E-state index in [1.54, 1.807) is 0 Å². The third-order valence-corrected chi connectivity index (χ3v) is 2.27. The summed E-state index contributed by atoms with van der Waals surface area (Å²) in [6.07, 6.45) is 0.190. The van der Waals surface area contributed by atoms with Gasteiger partial charge in [0.15, 0.2) is 5.41 Å². The fourth-order valence-corrected chi connectivity index (χ4v) is 1.26. The predicted molar refractivity (Wildman–Crippen MR) is 50.1 cm³/mol. The summed E-state index contributed by atoms with van der Waals surface area (Å²) in [4.78, 5) is 0.413.